The number of aromatic nitrogens is 1. The van der Waals surface area contributed by atoms with Crippen molar-refractivity contribution in [2.24, 2.45) is 5.16 Å². The molecule has 0 unspecified atom stereocenters. The SMILES string of the molecule is Cc1ccccc1/C(=N/O)c1ccc(Nc2ncccc2C#N)cc1Cl. The van der Waals surface area contributed by atoms with Gasteiger partial charge < -0.3 is 10.5 Å². The van der Waals surface area contributed by atoms with E-state index in [9.17, 15) is 5.21 Å². The average Bonchev–Trinajstić information content (AvgIpc) is 2.66. The molecule has 2 N–H and O–H groups in total. The van der Waals surface area contributed by atoms with E-state index in [1.807, 2.05) is 31.2 Å². The molecule has 0 fully saturated rings. The number of anilines is 2. The van der Waals surface area contributed by atoms with Crippen molar-refractivity contribution < 1.29 is 5.21 Å². The van der Waals surface area contributed by atoms with Gasteiger partial charge in [-0.15, -0.1) is 0 Å². The molecule has 0 radical (unpaired) electrons. The van der Waals surface area contributed by atoms with Gasteiger partial charge in [0.25, 0.3) is 0 Å². The lowest BCUT2D eigenvalue weighted by Gasteiger charge is -2.12. The number of benzene rings is 2. The topological polar surface area (TPSA) is 81.3 Å². The van der Waals surface area contributed by atoms with E-state index < -0.39 is 0 Å². The van der Waals surface area contributed by atoms with E-state index in [1.165, 1.54) is 0 Å². The lowest BCUT2D eigenvalue weighted by atomic mass is 9.98. The quantitative estimate of drug-likeness (QED) is 0.393. The van der Waals surface area contributed by atoms with E-state index >= 15 is 0 Å². The third kappa shape index (κ3) is 3.51. The molecule has 1 aromatic heterocycles. The molecule has 6 heteroatoms. The molecule has 3 rings (SSSR count). The van der Waals surface area contributed by atoms with Crippen LogP contribution < -0.4 is 5.32 Å². The molecule has 26 heavy (non-hydrogen) atoms. The maximum atomic E-state index is 9.52. The van der Waals surface area contributed by atoms with Crippen LogP contribution in [0.25, 0.3) is 0 Å². The van der Waals surface area contributed by atoms with E-state index in [2.05, 4.69) is 21.5 Å². The molecule has 0 aliphatic carbocycles. The van der Waals surface area contributed by atoms with Gasteiger partial charge in [0.05, 0.1) is 10.6 Å². The predicted octanol–water partition coefficient (Wildman–Crippen LogP) is 4.89. The van der Waals surface area contributed by atoms with Crippen LogP contribution >= 0.6 is 11.6 Å². The van der Waals surface area contributed by atoms with E-state index in [0.29, 0.717) is 33.4 Å². The minimum absolute atomic E-state index is 0.398. The number of nitriles is 1. The average molecular weight is 363 g/mol. The van der Waals surface area contributed by atoms with Crippen LogP contribution in [0.1, 0.15) is 22.3 Å². The maximum absolute atomic E-state index is 9.52. The maximum Gasteiger partial charge on any atom is 0.148 e. The molecule has 128 valence electrons. The number of rotatable bonds is 4. The second-order valence-corrected chi connectivity index (χ2v) is 6.00. The number of aryl methyl sites for hydroxylation is 1. The molecule has 0 amide bonds. The zero-order valence-corrected chi connectivity index (χ0v) is 14.7. The van der Waals surface area contributed by atoms with E-state index in [0.717, 1.165) is 11.1 Å². The van der Waals surface area contributed by atoms with Crippen LogP contribution in [0.3, 0.4) is 0 Å². The van der Waals surface area contributed by atoms with Crippen molar-refractivity contribution in [1.82, 2.24) is 4.98 Å². The van der Waals surface area contributed by atoms with Crippen LogP contribution in [-0.2, 0) is 0 Å². The number of hydrogen-bond acceptors (Lipinski definition) is 5. The van der Waals surface area contributed by atoms with Crippen LogP contribution in [-0.4, -0.2) is 15.9 Å². The molecule has 1 heterocycles. The Morgan fingerprint density at radius 3 is 2.65 bits per heavy atom. The molecule has 0 saturated carbocycles. The fourth-order valence-corrected chi connectivity index (χ4v) is 2.88. The predicted molar refractivity (Wildman–Crippen MR) is 102 cm³/mol. The first-order chi connectivity index (χ1) is 12.6. The molecule has 0 saturated heterocycles. The number of oxime groups is 1. The number of nitrogens with one attached hydrogen (secondary N) is 1. The Labute approximate surface area is 156 Å². The number of nitrogens with zero attached hydrogens (tertiary/aromatic N) is 3. The zero-order valence-electron chi connectivity index (χ0n) is 13.9. The minimum Gasteiger partial charge on any atom is -0.410 e. The van der Waals surface area contributed by atoms with E-state index in [1.54, 1.807) is 36.5 Å². The van der Waals surface area contributed by atoms with Crippen LogP contribution in [0.4, 0.5) is 11.5 Å². The first-order valence-electron chi connectivity index (χ1n) is 7.84. The van der Waals surface area contributed by atoms with Gasteiger partial charge in [-0.3, -0.25) is 0 Å². The van der Waals surface area contributed by atoms with E-state index in [4.69, 9.17) is 16.9 Å². The smallest absolute Gasteiger partial charge is 0.148 e. The monoisotopic (exact) mass is 362 g/mol. The van der Waals surface area contributed by atoms with Crippen molar-refractivity contribution >= 4 is 28.8 Å². The van der Waals surface area contributed by atoms with Gasteiger partial charge in [0.2, 0.25) is 0 Å². The van der Waals surface area contributed by atoms with E-state index in [-0.39, 0.29) is 0 Å². The van der Waals surface area contributed by atoms with Crippen LogP contribution in [0.5, 0.6) is 0 Å². The second-order valence-electron chi connectivity index (χ2n) is 5.59. The lowest BCUT2D eigenvalue weighted by Crippen LogP contribution is -2.07. The number of hydrogen-bond donors (Lipinski definition) is 2. The van der Waals surface area contributed by atoms with Crippen molar-refractivity contribution in [1.29, 1.82) is 5.26 Å². The van der Waals surface area contributed by atoms with Crippen LogP contribution in [0.15, 0.2) is 65.9 Å². The molecule has 0 spiro atoms. The molecule has 2 aromatic carbocycles. The summed E-state index contributed by atoms with van der Waals surface area (Å²) >= 11 is 6.43. The summed E-state index contributed by atoms with van der Waals surface area (Å²) in [5, 5.41) is 25.6. The third-order valence-corrected chi connectivity index (χ3v) is 4.23. The highest BCUT2D eigenvalue weighted by Crippen LogP contribution is 2.27. The molecule has 0 aliphatic rings. The molecule has 0 bridgehead atoms. The fraction of sp³-hybridized carbons (Fsp3) is 0.0500. The molecule has 3 aromatic rings. The molecule has 5 nitrogen and oxygen atoms in total. The van der Waals surface area contributed by atoms with Crippen LogP contribution in [0.2, 0.25) is 5.02 Å². The standard InChI is InChI=1S/C20H15ClN4O/c1-13-5-2-3-7-16(13)19(25-26)17-9-8-15(11-18(17)21)24-20-14(12-22)6-4-10-23-20/h2-11,26H,1H3,(H,23,24)/b25-19-. The summed E-state index contributed by atoms with van der Waals surface area (Å²) in [5.41, 5.74) is 3.90. The fourth-order valence-electron chi connectivity index (χ4n) is 2.61. The Balaban J connectivity index is 1.95. The molecule has 0 aliphatic heterocycles. The summed E-state index contributed by atoms with van der Waals surface area (Å²) in [6.07, 6.45) is 1.61. The van der Waals surface area contributed by atoms with Crippen molar-refractivity contribution in [3.8, 4) is 6.07 Å². The highest BCUT2D eigenvalue weighted by Gasteiger charge is 2.14. The van der Waals surface area contributed by atoms with Gasteiger partial charge >= 0.3 is 0 Å². The summed E-state index contributed by atoms with van der Waals surface area (Å²) < 4.78 is 0. The molecule has 0 atom stereocenters. The second kappa shape index (κ2) is 7.68. The number of pyridine rings is 1. The highest BCUT2D eigenvalue weighted by atomic mass is 35.5. The highest BCUT2D eigenvalue weighted by molar-refractivity contribution is 6.35. The van der Waals surface area contributed by atoms with Crippen molar-refractivity contribution in [2.75, 3.05) is 5.32 Å². The summed E-state index contributed by atoms with van der Waals surface area (Å²) in [7, 11) is 0. The lowest BCUT2D eigenvalue weighted by molar-refractivity contribution is 0.319. The summed E-state index contributed by atoms with van der Waals surface area (Å²) in [4.78, 5) is 4.17. The number of halogens is 1. The van der Waals surface area contributed by atoms with Crippen molar-refractivity contribution in [3.05, 3.63) is 88.1 Å². The Bertz CT molecular complexity index is 1020. The van der Waals surface area contributed by atoms with Gasteiger partial charge in [0.15, 0.2) is 0 Å². The van der Waals surface area contributed by atoms with Crippen molar-refractivity contribution in [2.45, 2.75) is 6.92 Å². The molecular formula is C20H15ClN4O. The van der Waals surface area contributed by atoms with Crippen molar-refractivity contribution in [3.63, 3.8) is 0 Å². The normalized spacial score (nSPS) is 11.0. The van der Waals surface area contributed by atoms with Gasteiger partial charge in [0, 0.05) is 23.0 Å². The van der Waals surface area contributed by atoms with Gasteiger partial charge in [-0.2, -0.15) is 5.26 Å². The first-order valence-corrected chi connectivity index (χ1v) is 8.22. The van der Waals surface area contributed by atoms with Gasteiger partial charge in [0.1, 0.15) is 17.6 Å². The first kappa shape index (κ1) is 17.5. The molecular weight excluding hydrogens is 348 g/mol. The zero-order chi connectivity index (χ0) is 18.5. The van der Waals surface area contributed by atoms with Gasteiger partial charge in [-0.1, -0.05) is 41.0 Å². The summed E-state index contributed by atoms with van der Waals surface area (Å²) in [5.74, 6) is 0.453. The van der Waals surface area contributed by atoms with Gasteiger partial charge in [-0.25, -0.2) is 4.98 Å². The Morgan fingerprint density at radius 1 is 1.15 bits per heavy atom. The Kier molecular flexibility index (Phi) is 5.16. The summed E-state index contributed by atoms with van der Waals surface area (Å²) in [6.45, 7) is 1.94. The Hall–Kier alpha value is -3.36. The Morgan fingerprint density at radius 2 is 1.96 bits per heavy atom. The minimum atomic E-state index is 0.398. The van der Waals surface area contributed by atoms with Crippen LogP contribution in [0, 0.1) is 18.3 Å². The largest absolute Gasteiger partial charge is 0.410 e. The summed E-state index contributed by atoms with van der Waals surface area (Å²) in [6, 6.07) is 18.3. The third-order valence-electron chi connectivity index (χ3n) is 3.92. The van der Waals surface area contributed by atoms with Gasteiger partial charge in [-0.05, 0) is 42.8 Å².